The molecule has 24 heavy (non-hydrogen) atoms. The summed E-state index contributed by atoms with van der Waals surface area (Å²) in [5.41, 5.74) is 7.43. The molecule has 0 spiro atoms. The summed E-state index contributed by atoms with van der Waals surface area (Å²) in [5, 5.41) is 9.57. The molecule has 5 heteroatoms. The van der Waals surface area contributed by atoms with Crippen LogP contribution in [0.15, 0.2) is 47.1 Å². The van der Waals surface area contributed by atoms with Crippen LogP contribution < -0.4 is 10.5 Å². The van der Waals surface area contributed by atoms with Crippen LogP contribution >= 0.6 is 0 Å². The van der Waals surface area contributed by atoms with Crippen LogP contribution in [0.3, 0.4) is 0 Å². The second kappa shape index (κ2) is 5.72. The van der Waals surface area contributed by atoms with Gasteiger partial charge in [-0.2, -0.15) is 5.26 Å². The molecule has 124 valence electrons. The molecule has 1 aromatic rings. The molecule has 3 rings (SSSR count). The fraction of sp³-hybridized carbons (Fsp3) is 0.368. The highest BCUT2D eigenvalue weighted by atomic mass is 16.5. The van der Waals surface area contributed by atoms with Crippen molar-refractivity contribution in [1.82, 2.24) is 0 Å². The zero-order valence-electron chi connectivity index (χ0n) is 14.1. The Kier molecular flexibility index (Phi) is 3.84. The number of hydrogen-bond acceptors (Lipinski definition) is 5. The van der Waals surface area contributed by atoms with Crippen LogP contribution in [-0.4, -0.2) is 12.9 Å². The van der Waals surface area contributed by atoms with Crippen molar-refractivity contribution in [2.75, 3.05) is 7.11 Å². The number of methoxy groups -OCH3 is 1. The van der Waals surface area contributed by atoms with E-state index in [4.69, 9.17) is 15.2 Å². The van der Waals surface area contributed by atoms with Crippen LogP contribution in [0, 0.1) is 16.7 Å². The van der Waals surface area contributed by atoms with Gasteiger partial charge in [0.15, 0.2) is 5.78 Å². The van der Waals surface area contributed by atoms with Gasteiger partial charge in [0.2, 0.25) is 5.88 Å². The van der Waals surface area contributed by atoms with E-state index in [9.17, 15) is 10.1 Å². The molecule has 0 bridgehead atoms. The first-order chi connectivity index (χ1) is 11.4. The molecular formula is C19H20N2O3. The Bertz CT molecular complexity index is 812. The van der Waals surface area contributed by atoms with E-state index in [0.29, 0.717) is 29.9 Å². The Morgan fingerprint density at radius 1 is 1.38 bits per heavy atom. The van der Waals surface area contributed by atoms with E-state index in [1.807, 2.05) is 38.1 Å². The summed E-state index contributed by atoms with van der Waals surface area (Å²) in [7, 11) is 1.58. The van der Waals surface area contributed by atoms with E-state index in [1.165, 1.54) is 0 Å². The highest BCUT2D eigenvalue weighted by Crippen LogP contribution is 2.48. The molecule has 1 heterocycles. The largest absolute Gasteiger partial charge is 0.497 e. The lowest BCUT2D eigenvalue weighted by Gasteiger charge is -2.37. The number of ether oxygens (including phenoxy) is 2. The summed E-state index contributed by atoms with van der Waals surface area (Å²) in [6.45, 7) is 4.05. The third-order valence-corrected chi connectivity index (χ3v) is 4.50. The van der Waals surface area contributed by atoms with Crippen molar-refractivity contribution in [2.45, 2.75) is 32.6 Å². The number of Topliss-reactive ketones (excluding diaryl/α,β-unsaturated/α-hetero) is 1. The second-order valence-corrected chi connectivity index (χ2v) is 6.98. The second-order valence-electron chi connectivity index (χ2n) is 6.98. The first-order valence-electron chi connectivity index (χ1n) is 7.84. The fourth-order valence-corrected chi connectivity index (χ4v) is 3.44. The van der Waals surface area contributed by atoms with Gasteiger partial charge >= 0.3 is 0 Å². The van der Waals surface area contributed by atoms with Crippen molar-refractivity contribution >= 4 is 5.78 Å². The number of ketones is 1. The van der Waals surface area contributed by atoms with Gasteiger partial charge in [-0.25, -0.2) is 0 Å². The number of rotatable bonds is 2. The molecule has 5 nitrogen and oxygen atoms in total. The summed E-state index contributed by atoms with van der Waals surface area (Å²) < 4.78 is 10.9. The molecule has 0 unspecified atom stereocenters. The molecule has 0 radical (unpaired) electrons. The van der Waals surface area contributed by atoms with Gasteiger partial charge in [-0.3, -0.25) is 4.79 Å². The van der Waals surface area contributed by atoms with Gasteiger partial charge in [0, 0.05) is 18.4 Å². The molecule has 0 saturated heterocycles. The molecular weight excluding hydrogens is 304 g/mol. The highest BCUT2D eigenvalue weighted by Gasteiger charge is 2.42. The molecule has 1 aliphatic heterocycles. The molecule has 0 aromatic heterocycles. The van der Waals surface area contributed by atoms with Crippen molar-refractivity contribution in [3.05, 3.63) is 52.6 Å². The number of allylic oxidation sites excluding steroid dienone is 3. The SMILES string of the molecule is COc1cccc([C@@H]2C(C#N)=C(N)OC3=C2C(=O)CC(C)(C)C3)c1. The minimum atomic E-state index is -0.502. The Morgan fingerprint density at radius 3 is 2.79 bits per heavy atom. The summed E-state index contributed by atoms with van der Waals surface area (Å²) in [4.78, 5) is 12.8. The van der Waals surface area contributed by atoms with Crippen molar-refractivity contribution < 1.29 is 14.3 Å². The maximum absolute atomic E-state index is 12.8. The molecule has 0 amide bonds. The Hall–Kier alpha value is -2.74. The molecule has 2 N–H and O–H groups in total. The van der Waals surface area contributed by atoms with Crippen LogP contribution in [0.5, 0.6) is 5.75 Å². The smallest absolute Gasteiger partial charge is 0.205 e. The third kappa shape index (κ3) is 2.65. The molecule has 1 atom stereocenters. The zero-order valence-corrected chi connectivity index (χ0v) is 14.1. The average Bonchev–Trinajstić information content (AvgIpc) is 2.52. The number of nitrogens with zero attached hydrogens (tertiary/aromatic N) is 1. The van der Waals surface area contributed by atoms with Gasteiger partial charge in [0.1, 0.15) is 23.2 Å². The highest BCUT2D eigenvalue weighted by molar-refractivity contribution is 6.00. The van der Waals surface area contributed by atoms with Gasteiger partial charge in [-0.1, -0.05) is 26.0 Å². The van der Waals surface area contributed by atoms with Gasteiger partial charge in [-0.15, -0.1) is 0 Å². The van der Waals surface area contributed by atoms with Crippen molar-refractivity contribution in [3.63, 3.8) is 0 Å². The lowest BCUT2D eigenvalue weighted by molar-refractivity contribution is -0.119. The average molecular weight is 324 g/mol. The quantitative estimate of drug-likeness (QED) is 0.903. The summed E-state index contributed by atoms with van der Waals surface area (Å²) in [5.74, 6) is 0.836. The van der Waals surface area contributed by atoms with Crippen LogP contribution in [-0.2, 0) is 9.53 Å². The fourth-order valence-electron chi connectivity index (χ4n) is 3.44. The molecule has 1 aliphatic carbocycles. The van der Waals surface area contributed by atoms with E-state index in [1.54, 1.807) is 7.11 Å². The molecule has 2 aliphatic rings. The number of hydrogen-bond donors (Lipinski definition) is 1. The first kappa shape index (κ1) is 16.1. The summed E-state index contributed by atoms with van der Waals surface area (Å²) >= 11 is 0. The topological polar surface area (TPSA) is 85.3 Å². The minimum Gasteiger partial charge on any atom is -0.497 e. The van der Waals surface area contributed by atoms with Crippen molar-refractivity contribution in [3.8, 4) is 11.8 Å². The maximum Gasteiger partial charge on any atom is 0.205 e. The number of carbonyl (C=O) groups is 1. The lowest BCUT2D eigenvalue weighted by Crippen LogP contribution is -2.33. The van der Waals surface area contributed by atoms with E-state index >= 15 is 0 Å². The van der Waals surface area contributed by atoms with Crippen molar-refractivity contribution in [2.24, 2.45) is 11.1 Å². The number of nitriles is 1. The monoisotopic (exact) mass is 324 g/mol. The van der Waals surface area contributed by atoms with Gasteiger partial charge < -0.3 is 15.2 Å². The van der Waals surface area contributed by atoms with Gasteiger partial charge in [0.25, 0.3) is 0 Å². The van der Waals surface area contributed by atoms with E-state index in [2.05, 4.69) is 6.07 Å². The number of benzene rings is 1. The van der Waals surface area contributed by atoms with Crippen LogP contribution in [0.2, 0.25) is 0 Å². The standard InChI is InChI=1S/C19H20N2O3/c1-19(2)8-14(22)17-15(9-19)24-18(21)13(10-20)16(17)11-5-4-6-12(7-11)23-3/h4-7,16H,8-9,21H2,1-3H3/t16-/m1/s1. The lowest BCUT2D eigenvalue weighted by atomic mass is 9.70. The van der Waals surface area contributed by atoms with Crippen LogP contribution in [0.25, 0.3) is 0 Å². The van der Waals surface area contributed by atoms with Gasteiger partial charge in [-0.05, 0) is 23.1 Å². The third-order valence-electron chi connectivity index (χ3n) is 4.50. The van der Waals surface area contributed by atoms with E-state index in [0.717, 1.165) is 5.56 Å². The van der Waals surface area contributed by atoms with Crippen molar-refractivity contribution in [1.29, 1.82) is 5.26 Å². The summed E-state index contributed by atoms with van der Waals surface area (Å²) in [6.07, 6.45) is 1.04. The number of nitrogens with two attached hydrogens (primary N) is 1. The summed E-state index contributed by atoms with van der Waals surface area (Å²) in [6, 6.07) is 9.49. The van der Waals surface area contributed by atoms with E-state index in [-0.39, 0.29) is 22.7 Å². The Morgan fingerprint density at radius 2 is 2.12 bits per heavy atom. The molecule has 0 saturated carbocycles. The molecule has 1 aromatic carbocycles. The maximum atomic E-state index is 12.8. The predicted molar refractivity (Wildman–Crippen MR) is 88.7 cm³/mol. The van der Waals surface area contributed by atoms with Crippen LogP contribution in [0.1, 0.15) is 38.2 Å². The first-order valence-corrected chi connectivity index (χ1v) is 7.84. The van der Waals surface area contributed by atoms with Gasteiger partial charge in [0.05, 0.1) is 13.0 Å². The van der Waals surface area contributed by atoms with E-state index < -0.39 is 5.92 Å². The normalized spacial score (nSPS) is 22.6. The Labute approximate surface area is 141 Å². The minimum absolute atomic E-state index is 0.00863. The zero-order chi connectivity index (χ0) is 17.5. The Balaban J connectivity index is 2.18. The predicted octanol–water partition coefficient (Wildman–Crippen LogP) is 3.15. The van der Waals surface area contributed by atoms with Crippen LogP contribution in [0.4, 0.5) is 0 Å². The molecule has 0 fully saturated rings. The number of carbonyl (C=O) groups excluding carboxylic acids is 1.